The number of nitrogens with one attached hydrogen (secondary N) is 2. The van der Waals surface area contributed by atoms with E-state index in [1.807, 2.05) is 19.9 Å². The number of carbonyl (C=O) groups is 2. The first-order chi connectivity index (χ1) is 17.3. The fourth-order valence-corrected chi connectivity index (χ4v) is 4.86. The number of hydrogen-bond donors (Lipinski definition) is 2. The van der Waals surface area contributed by atoms with Gasteiger partial charge >= 0.3 is 6.03 Å². The molecule has 3 aliphatic heterocycles. The Morgan fingerprint density at radius 2 is 2.08 bits per heavy atom. The standard InChI is InChI=1S/C25H30N6O5/c1-25(2)35-14-18(36-25)13-34-17-7-9-26-21(11-17)29-24(33)31-16-8-10-30(12-16)20-6-5-19(28-22(20)31)23(32)27-15-3-4-15/h5-7,9,11,15-16,18H,3-4,8,10,12-14H2,1-2H3,(H,27,32)(H,26,29,33)/t16?,18-/m0/s1. The fourth-order valence-electron chi connectivity index (χ4n) is 4.86. The van der Waals surface area contributed by atoms with Crippen molar-refractivity contribution < 1.29 is 23.8 Å². The average Bonchev–Trinajstić information content (AvgIpc) is 3.46. The first-order valence-corrected chi connectivity index (χ1v) is 12.4. The van der Waals surface area contributed by atoms with Crippen molar-refractivity contribution >= 4 is 29.3 Å². The van der Waals surface area contributed by atoms with Gasteiger partial charge in [-0.1, -0.05) is 0 Å². The molecule has 2 N–H and O–H groups in total. The number of ether oxygens (including phenoxy) is 3. The molecule has 3 fully saturated rings. The molecule has 4 aliphatic rings. The summed E-state index contributed by atoms with van der Waals surface area (Å²) >= 11 is 0. The van der Waals surface area contributed by atoms with Crippen LogP contribution in [0, 0.1) is 0 Å². The Balaban J connectivity index is 1.17. The van der Waals surface area contributed by atoms with E-state index in [0.29, 0.717) is 36.3 Å². The third kappa shape index (κ3) is 4.68. The second kappa shape index (κ2) is 8.90. The Bertz CT molecular complexity index is 1190. The van der Waals surface area contributed by atoms with E-state index in [9.17, 15) is 9.59 Å². The third-order valence-corrected chi connectivity index (χ3v) is 6.79. The Morgan fingerprint density at radius 1 is 1.22 bits per heavy atom. The summed E-state index contributed by atoms with van der Waals surface area (Å²) in [6.07, 6.45) is 4.23. The normalized spacial score (nSPS) is 23.8. The van der Waals surface area contributed by atoms with E-state index in [1.54, 1.807) is 29.3 Å². The minimum absolute atomic E-state index is 0.0333. The number of fused-ring (bicyclic) bond motifs is 4. The molecule has 1 saturated carbocycles. The van der Waals surface area contributed by atoms with E-state index in [2.05, 4.69) is 25.5 Å². The quantitative estimate of drug-likeness (QED) is 0.629. The highest BCUT2D eigenvalue weighted by Crippen LogP contribution is 2.39. The predicted molar refractivity (Wildman–Crippen MR) is 131 cm³/mol. The van der Waals surface area contributed by atoms with Crippen molar-refractivity contribution in [1.29, 1.82) is 0 Å². The van der Waals surface area contributed by atoms with Gasteiger partial charge in [-0.25, -0.2) is 14.8 Å². The minimum Gasteiger partial charge on any atom is -0.491 e. The number of anilines is 3. The van der Waals surface area contributed by atoms with Gasteiger partial charge in [0.1, 0.15) is 30.0 Å². The first-order valence-electron chi connectivity index (χ1n) is 12.4. The fraction of sp³-hybridized carbons (Fsp3) is 0.520. The highest BCUT2D eigenvalue weighted by atomic mass is 16.7. The first kappa shape index (κ1) is 23.0. The van der Waals surface area contributed by atoms with Gasteiger partial charge in [0.25, 0.3) is 5.91 Å². The zero-order chi connectivity index (χ0) is 24.9. The van der Waals surface area contributed by atoms with Crippen molar-refractivity contribution in [2.45, 2.75) is 57.1 Å². The smallest absolute Gasteiger partial charge is 0.329 e. The van der Waals surface area contributed by atoms with E-state index in [0.717, 1.165) is 38.0 Å². The molecule has 0 aromatic carbocycles. The van der Waals surface area contributed by atoms with Crippen LogP contribution in [0.2, 0.25) is 0 Å². The molecule has 1 unspecified atom stereocenters. The van der Waals surface area contributed by atoms with Crippen LogP contribution in [0.1, 0.15) is 43.6 Å². The van der Waals surface area contributed by atoms with E-state index >= 15 is 0 Å². The molecule has 1 aliphatic carbocycles. The maximum Gasteiger partial charge on any atom is 0.329 e. The molecule has 11 nitrogen and oxygen atoms in total. The molecular formula is C25H30N6O5. The number of rotatable bonds is 6. The topological polar surface area (TPSA) is 118 Å². The highest BCUT2D eigenvalue weighted by molar-refractivity contribution is 6.05. The van der Waals surface area contributed by atoms with Crippen molar-refractivity contribution in [3.63, 3.8) is 0 Å². The van der Waals surface area contributed by atoms with Gasteiger partial charge in [-0.05, 0) is 51.3 Å². The number of hydrogen-bond acceptors (Lipinski definition) is 8. The Hall–Kier alpha value is -3.44. The molecule has 0 radical (unpaired) electrons. The molecule has 0 spiro atoms. The molecular weight excluding hydrogens is 464 g/mol. The van der Waals surface area contributed by atoms with Gasteiger partial charge in [0.2, 0.25) is 0 Å². The van der Waals surface area contributed by atoms with Gasteiger partial charge in [0.05, 0.1) is 18.3 Å². The van der Waals surface area contributed by atoms with Gasteiger partial charge in [-0.15, -0.1) is 0 Å². The second-order valence-corrected chi connectivity index (χ2v) is 10.1. The van der Waals surface area contributed by atoms with Crippen LogP contribution in [0.3, 0.4) is 0 Å². The van der Waals surface area contributed by atoms with Gasteiger partial charge in [0.15, 0.2) is 11.6 Å². The summed E-state index contributed by atoms with van der Waals surface area (Å²) in [5, 5.41) is 5.86. The molecule has 5 heterocycles. The minimum atomic E-state index is -0.613. The highest BCUT2D eigenvalue weighted by Gasteiger charge is 2.41. The van der Waals surface area contributed by atoms with Crippen LogP contribution in [0.15, 0.2) is 30.5 Å². The van der Waals surface area contributed by atoms with Gasteiger partial charge < -0.3 is 24.4 Å². The van der Waals surface area contributed by atoms with Crippen LogP contribution in [-0.4, -0.2) is 72.2 Å². The SMILES string of the molecule is CC1(C)OC[C@H](COc2ccnc(NC(=O)N3c4nc(C(=O)NC5CC5)ccc4N4CCC3C4)c2)O1. The van der Waals surface area contributed by atoms with Gasteiger partial charge in [-0.3, -0.25) is 15.0 Å². The number of nitrogens with zero attached hydrogens (tertiary/aromatic N) is 4. The summed E-state index contributed by atoms with van der Waals surface area (Å²) in [7, 11) is 0. The maximum atomic E-state index is 13.5. The van der Waals surface area contributed by atoms with Crippen LogP contribution in [0.25, 0.3) is 0 Å². The zero-order valence-corrected chi connectivity index (χ0v) is 20.4. The summed E-state index contributed by atoms with van der Waals surface area (Å²) in [5.74, 6) is 0.611. The van der Waals surface area contributed by atoms with E-state index in [4.69, 9.17) is 14.2 Å². The third-order valence-electron chi connectivity index (χ3n) is 6.79. The monoisotopic (exact) mass is 494 g/mol. The summed E-state index contributed by atoms with van der Waals surface area (Å²) < 4.78 is 17.2. The molecule has 2 aromatic rings. The van der Waals surface area contributed by atoms with E-state index in [-0.39, 0.29) is 30.1 Å². The summed E-state index contributed by atoms with van der Waals surface area (Å²) in [4.78, 5) is 38.9. The Morgan fingerprint density at radius 3 is 2.86 bits per heavy atom. The van der Waals surface area contributed by atoms with Crippen molar-refractivity contribution in [3.8, 4) is 5.75 Å². The number of aromatic nitrogens is 2. The summed E-state index contributed by atoms with van der Waals surface area (Å²) in [6.45, 7) is 6.09. The van der Waals surface area contributed by atoms with Crippen molar-refractivity contribution in [2.24, 2.45) is 0 Å². The second-order valence-electron chi connectivity index (χ2n) is 10.1. The van der Waals surface area contributed by atoms with Gasteiger partial charge in [0, 0.05) is 31.4 Å². The number of amides is 3. The lowest BCUT2D eigenvalue weighted by atomic mass is 10.1. The molecule has 11 heteroatoms. The number of urea groups is 1. The molecule has 2 aromatic heterocycles. The Kier molecular flexibility index (Phi) is 5.68. The van der Waals surface area contributed by atoms with Crippen molar-refractivity contribution in [1.82, 2.24) is 15.3 Å². The van der Waals surface area contributed by atoms with Crippen LogP contribution < -0.4 is 25.2 Å². The lowest BCUT2D eigenvalue weighted by Gasteiger charge is -2.35. The molecule has 3 amide bonds. The van der Waals surface area contributed by atoms with Crippen LogP contribution >= 0.6 is 0 Å². The van der Waals surface area contributed by atoms with Crippen molar-refractivity contribution in [2.75, 3.05) is 41.4 Å². The lowest BCUT2D eigenvalue weighted by molar-refractivity contribution is -0.141. The lowest BCUT2D eigenvalue weighted by Crippen LogP contribution is -2.48. The average molecular weight is 495 g/mol. The van der Waals surface area contributed by atoms with Crippen LogP contribution in [-0.2, 0) is 9.47 Å². The number of pyridine rings is 2. The summed E-state index contributed by atoms with van der Waals surface area (Å²) in [6, 6.07) is 6.88. The molecule has 190 valence electrons. The van der Waals surface area contributed by atoms with Gasteiger partial charge in [-0.2, -0.15) is 0 Å². The Labute approximate surface area is 209 Å². The van der Waals surface area contributed by atoms with Crippen LogP contribution in [0.5, 0.6) is 5.75 Å². The number of carbonyl (C=O) groups excluding carboxylic acids is 2. The maximum absolute atomic E-state index is 13.5. The molecule has 2 atom stereocenters. The molecule has 2 saturated heterocycles. The predicted octanol–water partition coefficient (Wildman–Crippen LogP) is 2.53. The molecule has 36 heavy (non-hydrogen) atoms. The van der Waals surface area contributed by atoms with E-state index < -0.39 is 5.79 Å². The van der Waals surface area contributed by atoms with Crippen LogP contribution in [0.4, 0.5) is 22.1 Å². The van der Waals surface area contributed by atoms with Crippen molar-refractivity contribution in [3.05, 3.63) is 36.2 Å². The largest absolute Gasteiger partial charge is 0.491 e. The zero-order valence-electron chi connectivity index (χ0n) is 20.4. The summed E-state index contributed by atoms with van der Waals surface area (Å²) in [5.41, 5.74) is 1.17. The molecule has 6 rings (SSSR count). The van der Waals surface area contributed by atoms with E-state index in [1.165, 1.54) is 0 Å². The molecule has 2 bridgehead atoms.